The number of hydrogen-bond donors (Lipinski definition) is 0. The van der Waals surface area contributed by atoms with Crippen molar-refractivity contribution in [3.05, 3.63) is 60.2 Å². The topological polar surface area (TPSA) is 49.3 Å². The molecule has 0 bridgehead atoms. The first-order chi connectivity index (χ1) is 14.4. The zero-order chi connectivity index (χ0) is 21.6. The monoisotopic (exact) mass is 483 g/mol. The summed E-state index contributed by atoms with van der Waals surface area (Å²) in [7, 11) is 1.64. The number of rotatable bonds is 10. The van der Waals surface area contributed by atoms with Crippen LogP contribution in [0.1, 0.15) is 31.5 Å². The molecule has 9 heteroatoms. The molecule has 0 saturated heterocycles. The van der Waals surface area contributed by atoms with Crippen molar-refractivity contribution >= 4 is 47.4 Å². The number of benzene rings is 2. The molecule has 0 saturated carbocycles. The Morgan fingerprint density at radius 3 is 2.27 bits per heavy atom. The minimum Gasteiger partial charge on any atom is -0.497 e. The first kappa shape index (κ1) is 23.6. The summed E-state index contributed by atoms with van der Waals surface area (Å²) in [6.07, 6.45) is -1.05. The summed E-state index contributed by atoms with van der Waals surface area (Å²) >= 11 is 11.9. The van der Waals surface area contributed by atoms with E-state index in [4.69, 9.17) is 42.0 Å². The average Bonchev–Trinajstić information content (AvgIpc) is 3.15. The highest BCUT2D eigenvalue weighted by atomic mass is 32.5. The van der Waals surface area contributed by atoms with Crippen LogP contribution in [0.5, 0.6) is 5.75 Å². The highest BCUT2D eigenvalue weighted by Crippen LogP contribution is 2.63. The van der Waals surface area contributed by atoms with Crippen LogP contribution in [-0.2, 0) is 37.3 Å². The number of methoxy groups -OCH3 is 1. The SMILES string of the molecule is CCOP(=S)(OCC)C(CC1=NOP(=S)(c2ccc(OC)cc2)C1)c1ccccc1. The molecule has 2 atom stereocenters. The van der Waals surface area contributed by atoms with Gasteiger partial charge in [-0.25, -0.2) is 0 Å². The Bertz CT molecular complexity index is 957. The van der Waals surface area contributed by atoms with Crippen LogP contribution in [0.3, 0.4) is 0 Å². The number of ether oxygens (including phenoxy) is 1. The summed E-state index contributed by atoms with van der Waals surface area (Å²) in [5, 5.41) is 5.39. The van der Waals surface area contributed by atoms with Crippen molar-refractivity contribution in [2.24, 2.45) is 5.16 Å². The van der Waals surface area contributed by atoms with Gasteiger partial charge in [0.05, 0.1) is 37.9 Å². The van der Waals surface area contributed by atoms with E-state index in [-0.39, 0.29) is 5.66 Å². The van der Waals surface area contributed by atoms with Gasteiger partial charge in [-0.05, 0) is 67.3 Å². The van der Waals surface area contributed by atoms with E-state index in [1.807, 2.05) is 56.3 Å². The molecular formula is C21H27NO4P2S2. The molecule has 1 aliphatic heterocycles. The summed E-state index contributed by atoms with van der Waals surface area (Å²) in [4.78, 5) is 0. The molecule has 5 nitrogen and oxygen atoms in total. The minimum absolute atomic E-state index is 0.103. The Morgan fingerprint density at radius 2 is 1.70 bits per heavy atom. The zero-order valence-corrected chi connectivity index (χ0v) is 20.8. The van der Waals surface area contributed by atoms with E-state index in [0.717, 1.165) is 22.3 Å². The van der Waals surface area contributed by atoms with Crippen LogP contribution in [0.4, 0.5) is 0 Å². The second-order valence-corrected chi connectivity index (χ2v) is 14.6. The van der Waals surface area contributed by atoms with Gasteiger partial charge >= 0.3 is 0 Å². The van der Waals surface area contributed by atoms with Gasteiger partial charge in [0.1, 0.15) is 5.75 Å². The smallest absolute Gasteiger partial charge is 0.196 e. The lowest BCUT2D eigenvalue weighted by Crippen LogP contribution is -2.14. The van der Waals surface area contributed by atoms with Gasteiger partial charge in [0, 0.05) is 11.7 Å². The molecule has 2 unspecified atom stereocenters. The summed E-state index contributed by atoms with van der Waals surface area (Å²) in [5.41, 5.74) is 1.90. The summed E-state index contributed by atoms with van der Waals surface area (Å²) in [5.74, 6) is 0.791. The maximum absolute atomic E-state index is 6.04. The molecular weight excluding hydrogens is 456 g/mol. The van der Waals surface area contributed by atoms with Gasteiger partial charge in [-0.15, -0.1) is 0 Å². The van der Waals surface area contributed by atoms with Crippen LogP contribution in [0.25, 0.3) is 0 Å². The van der Waals surface area contributed by atoms with Crippen molar-refractivity contribution in [1.29, 1.82) is 0 Å². The highest BCUT2D eigenvalue weighted by molar-refractivity contribution is 8.16. The molecule has 2 aromatic rings. The van der Waals surface area contributed by atoms with Crippen LogP contribution in [0.2, 0.25) is 0 Å². The van der Waals surface area contributed by atoms with E-state index in [1.54, 1.807) is 7.11 Å². The fraction of sp³-hybridized carbons (Fsp3) is 0.381. The first-order valence-electron chi connectivity index (χ1n) is 9.86. The van der Waals surface area contributed by atoms with Crippen molar-refractivity contribution in [2.75, 3.05) is 26.5 Å². The standard InChI is InChI=1S/C21H27NO4P2S2/c1-4-24-28(30,25-5-2)21(17-9-7-6-8-10-17)15-18-16-27(29,26-22-18)20-13-11-19(23-3)12-14-20/h6-14,21H,4-5,15-16H2,1-3H3. The van der Waals surface area contributed by atoms with Crippen molar-refractivity contribution < 1.29 is 18.4 Å². The van der Waals surface area contributed by atoms with Crippen molar-refractivity contribution in [3.63, 3.8) is 0 Å². The van der Waals surface area contributed by atoms with E-state index in [9.17, 15) is 0 Å². The fourth-order valence-corrected chi connectivity index (χ4v) is 9.47. The average molecular weight is 484 g/mol. The van der Waals surface area contributed by atoms with Crippen molar-refractivity contribution in [1.82, 2.24) is 0 Å². The zero-order valence-electron chi connectivity index (χ0n) is 17.4. The molecule has 0 aliphatic carbocycles. The number of nitrogens with zero attached hydrogens (tertiary/aromatic N) is 1. The summed E-state index contributed by atoms with van der Waals surface area (Å²) in [6, 6.07) is 17.9. The lowest BCUT2D eigenvalue weighted by Gasteiger charge is -2.30. The molecule has 0 N–H and O–H groups in total. The largest absolute Gasteiger partial charge is 0.497 e. The second kappa shape index (κ2) is 10.5. The molecule has 2 aromatic carbocycles. The van der Waals surface area contributed by atoms with Crippen LogP contribution in [0.15, 0.2) is 59.8 Å². The molecule has 30 heavy (non-hydrogen) atoms. The lowest BCUT2D eigenvalue weighted by atomic mass is 10.1. The van der Waals surface area contributed by atoms with Crippen molar-refractivity contribution in [2.45, 2.75) is 25.9 Å². The predicted octanol–water partition coefficient (Wildman–Crippen LogP) is 5.62. The van der Waals surface area contributed by atoms with Gasteiger partial charge in [-0.1, -0.05) is 35.5 Å². The summed E-state index contributed by atoms with van der Waals surface area (Å²) < 4.78 is 23.2. The molecule has 1 aliphatic rings. The maximum Gasteiger partial charge on any atom is 0.196 e. The van der Waals surface area contributed by atoms with Gasteiger partial charge < -0.3 is 18.4 Å². The van der Waals surface area contributed by atoms with Gasteiger partial charge in [-0.2, -0.15) is 0 Å². The van der Waals surface area contributed by atoms with E-state index in [1.165, 1.54) is 0 Å². The third kappa shape index (κ3) is 5.40. The Balaban J connectivity index is 1.84. The van der Waals surface area contributed by atoms with E-state index >= 15 is 0 Å². The molecule has 1 heterocycles. The van der Waals surface area contributed by atoms with E-state index in [2.05, 4.69) is 17.3 Å². The minimum atomic E-state index is -2.57. The van der Waals surface area contributed by atoms with Crippen LogP contribution >= 0.6 is 12.8 Å². The molecule has 0 spiro atoms. The highest BCUT2D eigenvalue weighted by Gasteiger charge is 2.37. The normalized spacial score (nSPS) is 19.8. The molecule has 0 radical (unpaired) electrons. The summed E-state index contributed by atoms with van der Waals surface area (Å²) in [6.45, 7) is 2.34. The first-order valence-corrected chi connectivity index (χ1v) is 15.5. The lowest BCUT2D eigenvalue weighted by molar-refractivity contribution is 0.259. The Labute approximate surface area is 189 Å². The molecule has 3 rings (SSSR count). The number of hydrogen-bond acceptors (Lipinski definition) is 7. The molecule has 0 aromatic heterocycles. The maximum atomic E-state index is 6.04. The van der Waals surface area contributed by atoms with E-state index in [0.29, 0.717) is 25.8 Å². The van der Waals surface area contributed by atoms with Gasteiger partial charge in [0.25, 0.3) is 0 Å². The Hall–Kier alpha value is -1.07. The number of oxime groups is 1. The van der Waals surface area contributed by atoms with Crippen LogP contribution in [0, 0.1) is 0 Å². The third-order valence-corrected chi connectivity index (χ3v) is 12.1. The molecule has 162 valence electrons. The third-order valence-electron chi connectivity index (χ3n) is 4.77. The van der Waals surface area contributed by atoms with Crippen LogP contribution < -0.4 is 10.0 Å². The Morgan fingerprint density at radius 1 is 1.07 bits per heavy atom. The van der Waals surface area contributed by atoms with Crippen molar-refractivity contribution in [3.8, 4) is 5.75 Å². The Kier molecular flexibility index (Phi) is 8.25. The molecule has 0 amide bonds. The fourth-order valence-electron chi connectivity index (χ4n) is 3.36. The second-order valence-electron chi connectivity index (χ2n) is 6.77. The van der Waals surface area contributed by atoms with Gasteiger partial charge in [0.2, 0.25) is 0 Å². The quantitative estimate of drug-likeness (QED) is 0.409. The van der Waals surface area contributed by atoms with Gasteiger partial charge in [-0.3, -0.25) is 0 Å². The van der Waals surface area contributed by atoms with Crippen LogP contribution in [-0.4, -0.2) is 32.2 Å². The predicted molar refractivity (Wildman–Crippen MR) is 132 cm³/mol. The van der Waals surface area contributed by atoms with E-state index < -0.39 is 12.8 Å². The molecule has 0 fully saturated rings. The van der Waals surface area contributed by atoms with Gasteiger partial charge in [0.15, 0.2) is 12.8 Å².